The molecule has 0 atom stereocenters. The third kappa shape index (κ3) is 3.52. The van der Waals surface area contributed by atoms with Crippen molar-refractivity contribution in [2.45, 2.75) is 20.4 Å². The van der Waals surface area contributed by atoms with Gasteiger partial charge in [-0.1, -0.05) is 18.2 Å². The second-order valence-corrected chi connectivity index (χ2v) is 6.49. The summed E-state index contributed by atoms with van der Waals surface area (Å²) in [4.78, 5) is 28.9. The summed E-state index contributed by atoms with van der Waals surface area (Å²) in [5, 5.41) is 12.3. The molecule has 140 valence electrons. The number of fused-ring (bicyclic) bond motifs is 1. The van der Waals surface area contributed by atoms with Crippen LogP contribution in [0.5, 0.6) is 0 Å². The number of benzene rings is 1. The molecule has 0 bridgehead atoms. The average Bonchev–Trinajstić information content (AvgIpc) is 3.01. The van der Waals surface area contributed by atoms with E-state index in [1.165, 1.54) is 6.07 Å². The molecular formula is C20H18N6O2. The van der Waals surface area contributed by atoms with Gasteiger partial charge >= 0.3 is 0 Å². The lowest BCUT2D eigenvalue weighted by Crippen LogP contribution is -2.30. The van der Waals surface area contributed by atoms with Gasteiger partial charge in [-0.25, -0.2) is 9.36 Å². The Hall–Kier alpha value is -3.81. The Labute approximate surface area is 160 Å². The minimum atomic E-state index is -0.364. The molecule has 0 spiro atoms. The Bertz CT molecular complexity index is 1240. The molecule has 3 heterocycles. The molecule has 0 aliphatic heterocycles. The summed E-state index contributed by atoms with van der Waals surface area (Å²) in [6.45, 7) is 3.57. The first-order valence-corrected chi connectivity index (χ1v) is 8.76. The molecule has 4 rings (SSSR count). The van der Waals surface area contributed by atoms with Gasteiger partial charge in [-0.3, -0.25) is 14.6 Å². The summed E-state index contributed by atoms with van der Waals surface area (Å²) in [5.74, 6) is 0.113. The zero-order chi connectivity index (χ0) is 19.7. The first kappa shape index (κ1) is 17.6. The van der Waals surface area contributed by atoms with Crippen LogP contribution in [0.2, 0.25) is 0 Å². The van der Waals surface area contributed by atoms with E-state index in [0.29, 0.717) is 11.5 Å². The smallest absolute Gasteiger partial charge is 0.267 e. The lowest BCUT2D eigenvalue weighted by Gasteiger charge is -2.09. The maximum absolute atomic E-state index is 12.4. The molecule has 3 aromatic heterocycles. The number of anilines is 1. The lowest BCUT2D eigenvalue weighted by atomic mass is 10.2. The SMILES string of the molecule is Cc1cc(C)n(-c2ccc(=O)n(CC(=O)Nc3cnc4ccccc4c3)n2)n1. The van der Waals surface area contributed by atoms with Crippen molar-refractivity contribution < 1.29 is 4.79 Å². The fourth-order valence-corrected chi connectivity index (χ4v) is 3.00. The summed E-state index contributed by atoms with van der Waals surface area (Å²) in [5.41, 5.74) is 2.78. The van der Waals surface area contributed by atoms with E-state index in [2.05, 4.69) is 20.5 Å². The lowest BCUT2D eigenvalue weighted by molar-refractivity contribution is -0.117. The van der Waals surface area contributed by atoms with Crippen molar-refractivity contribution >= 4 is 22.5 Å². The second kappa shape index (κ2) is 7.07. The topological polar surface area (TPSA) is 94.7 Å². The van der Waals surface area contributed by atoms with E-state index in [0.717, 1.165) is 27.0 Å². The fraction of sp³-hybridized carbons (Fsp3) is 0.150. The van der Waals surface area contributed by atoms with Gasteiger partial charge in [0.05, 0.1) is 23.1 Å². The van der Waals surface area contributed by atoms with Gasteiger partial charge in [0, 0.05) is 17.1 Å². The van der Waals surface area contributed by atoms with Gasteiger partial charge in [-0.2, -0.15) is 5.10 Å². The normalized spacial score (nSPS) is 10.9. The zero-order valence-corrected chi connectivity index (χ0v) is 15.5. The Morgan fingerprint density at radius 2 is 1.89 bits per heavy atom. The van der Waals surface area contributed by atoms with Crippen LogP contribution < -0.4 is 10.9 Å². The quantitative estimate of drug-likeness (QED) is 0.591. The zero-order valence-electron chi connectivity index (χ0n) is 15.5. The van der Waals surface area contributed by atoms with E-state index in [1.54, 1.807) is 16.9 Å². The minimum absolute atomic E-state index is 0.210. The summed E-state index contributed by atoms with van der Waals surface area (Å²) in [6, 6.07) is 14.3. The third-order valence-corrected chi connectivity index (χ3v) is 4.25. The van der Waals surface area contributed by atoms with Crippen LogP contribution in [-0.2, 0) is 11.3 Å². The largest absolute Gasteiger partial charge is 0.323 e. The maximum Gasteiger partial charge on any atom is 0.267 e. The van der Waals surface area contributed by atoms with Gasteiger partial charge in [-0.15, -0.1) is 5.10 Å². The number of pyridine rings is 1. The Morgan fingerprint density at radius 1 is 1.07 bits per heavy atom. The highest BCUT2D eigenvalue weighted by Crippen LogP contribution is 2.16. The Kier molecular flexibility index (Phi) is 4.44. The second-order valence-electron chi connectivity index (χ2n) is 6.49. The monoisotopic (exact) mass is 374 g/mol. The highest BCUT2D eigenvalue weighted by molar-refractivity contribution is 5.92. The molecule has 1 amide bonds. The summed E-state index contributed by atoms with van der Waals surface area (Å²) < 4.78 is 2.76. The molecule has 0 saturated carbocycles. The predicted molar refractivity (Wildman–Crippen MR) is 105 cm³/mol. The van der Waals surface area contributed by atoms with E-state index >= 15 is 0 Å². The van der Waals surface area contributed by atoms with Crippen LogP contribution in [0.4, 0.5) is 5.69 Å². The van der Waals surface area contributed by atoms with Crippen molar-refractivity contribution in [3.8, 4) is 5.82 Å². The number of nitrogens with zero attached hydrogens (tertiary/aromatic N) is 5. The van der Waals surface area contributed by atoms with Gasteiger partial charge < -0.3 is 5.32 Å². The van der Waals surface area contributed by atoms with Gasteiger partial charge in [0.15, 0.2) is 5.82 Å². The van der Waals surface area contributed by atoms with Crippen LogP contribution in [0.3, 0.4) is 0 Å². The highest BCUT2D eigenvalue weighted by atomic mass is 16.2. The molecule has 0 saturated heterocycles. The first-order chi connectivity index (χ1) is 13.5. The Balaban J connectivity index is 1.56. The van der Waals surface area contributed by atoms with Crippen molar-refractivity contribution in [3.05, 3.63) is 76.5 Å². The van der Waals surface area contributed by atoms with Crippen molar-refractivity contribution in [2.75, 3.05) is 5.32 Å². The van der Waals surface area contributed by atoms with Crippen LogP contribution >= 0.6 is 0 Å². The number of hydrogen-bond donors (Lipinski definition) is 1. The number of rotatable bonds is 4. The van der Waals surface area contributed by atoms with Crippen LogP contribution in [0.1, 0.15) is 11.4 Å². The van der Waals surface area contributed by atoms with Gasteiger partial charge in [-0.05, 0) is 38.1 Å². The molecule has 0 fully saturated rings. The molecule has 0 aliphatic carbocycles. The number of hydrogen-bond acceptors (Lipinski definition) is 5. The van der Waals surface area contributed by atoms with E-state index < -0.39 is 0 Å². The van der Waals surface area contributed by atoms with Crippen LogP contribution in [0.25, 0.3) is 16.7 Å². The molecule has 1 N–H and O–H groups in total. The van der Waals surface area contributed by atoms with Crippen molar-refractivity contribution in [1.29, 1.82) is 0 Å². The number of carbonyl (C=O) groups excluding carboxylic acids is 1. The molecule has 28 heavy (non-hydrogen) atoms. The van der Waals surface area contributed by atoms with Crippen molar-refractivity contribution in [1.82, 2.24) is 24.5 Å². The van der Waals surface area contributed by atoms with Crippen LogP contribution in [0.15, 0.2) is 59.5 Å². The average molecular weight is 374 g/mol. The number of aromatic nitrogens is 5. The molecule has 0 radical (unpaired) electrons. The van der Waals surface area contributed by atoms with E-state index in [9.17, 15) is 9.59 Å². The van der Waals surface area contributed by atoms with Gasteiger partial charge in [0.25, 0.3) is 5.56 Å². The van der Waals surface area contributed by atoms with Crippen molar-refractivity contribution in [3.63, 3.8) is 0 Å². The van der Waals surface area contributed by atoms with Crippen molar-refractivity contribution in [2.24, 2.45) is 0 Å². The van der Waals surface area contributed by atoms with E-state index in [-0.39, 0.29) is 18.0 Å². The molecule has 8 nitrogen and oxygen atoms in total. The summed E-state index contributed by atoms with van der Waals surface area (Å²) in [7, 11) is 0. The molecule has 4 aromatic rings. The maximum atomic E-state index is 12.4. The number of amides is 1. The molecule has 0 unspecified atom stereocenters. The van der Waals surface area contributed by atoms with Gasteiger partial charge in [0.2, 0.25) is 5.91 Å². The number of carbonyl (C=O) groups is 1. The first-order valence-electron chi connectivity index (χ1n) is 8.76. The molecule has 1 aromatic carbocycles. The van der Waals surface area contributed by atoms with Crippen LogP contribution in [0, 0.1) is 13.8 Å². The number of para-hydroxylation sites is 1. The molecular weight excluding hydrogens is 356 g/mol. The highest BCUT2D eigenvalue weighted by Gasteiger charge is 2.11. The van der Waals surface area contributed by atoms with Gasteiger partial charge in [0.1, 0.15) is 6.54 Å². The Morgan fingerprint density at radius 3 is 2.68 bits per heavy atom. The van der Waals surface area contributed by atoms with Crippen LogP contribution in [-0.4, -0.2) is 30.5 Å². The predicted octanol–water partition coefficient (Wildman–Crippen LogP) is 2.23. The minimum Gasteiger partial charge on any atom is -0.323 e. The third-order valence-electron chi connectivity index (χ3n) is 4.25. The number of aryl methyl sites for hydroxylation is 2. The summed E-state index contributed by atoms with van der Waals surface area (Å²) >= 11 is 0. The van der Waals surface area contributed by atoms with E-state index in [1.807, 2.05) is 50.2 Å². The van der Waals surface area contributed by atoms with E-state index in [4.69, 9.17) is 0 Å². The fourth-order valence-electron chi connectivity index (χ4n) is 3.00. The number of nitrogens with one attached hydrogen (secondary N) is 1. The summed E-state index contributed by atoms with van der Waals surface area (Å²) in [6.07, 6.45) is 1.59. The molecule has 8 heteroatoms. The molecule has 0 aliphatic rings. The standard InChI is InChI=1S/C20H18N6O2/c1-13-9-14(2)26(23-13)18-7-8-20(28)25(24-18)12-19(27)22-16-10-15-5-3-4-6-17(15)21-11-16/h3-11H,12H2,1-2H3,(H,22,27).